The van der Waals surface area contributed by atoms with Gasteiger partial charge in [0.15, 0.2) is 18.4 Å². The number of nitrogens with zero attached hydrogens (tertiary/aromatic N) is 1. The first kappa shape index (κ1) is 37.1. The molecule has 15 heteroatoms. The number of likely N-dealkylation sites (N-methyl/N-ethyl adjacent to an activating group) is 1. The second kappa shape index (κ2) is 13.7. The molecule has 2 fully saturated rings. The fraction of sp³-hybridized carbons (Fsp3) is 0.583. The average Bonchev–Trinajstić information content (AvgIpc) is 3.07. The number of fused-ring (bicyclic) bond motifs is 3. The topological polar surface area (TPSA) is 222 Å². The Morgan fingerprint density at radius 3 is 2.14 bits per heavy atom. The number of aliphatic hydroxyl groups excluding tert-OH is 2. The van der Waals surface area contributed by atoms with Gasteiger partial charge in [0, 0.05) is 36.4 Å². The van der Waals surface area contributed by atoms with E-state index < -0.39 is 112 Å². The van der Waals surface area contributed by atoms with Crippen molar-refractivity contribution >= 4 is 17.5 Å². The molecule has 0 saturated carbocycles. The molecule has 2 aromatic carbocycles. The van der Waals surface area contributed by atoms with Crippen molar-refractivity contribution in [3.05, 3.63) is 51.6 Å². The zero-order chi connectivity index (χ0) is 37.3. The Balaban J connectivity index is 1.39. The minimum Gasteiger partial charge on any atom is -0.507 e. The summed E-state index contributed by atoms with van der Waals surface area (Å²) in [6.45, 7) is 5.08. The summed E-state index contributed by atoms with van der Waals surface area (Å²) in [6, 6.07) is 3.04. The molecule has 2 heterocycles. The third-order valence-corrected chi connectivity index (χ3v) is 10.8. The molecular formula is C36H45NO14. The van der Waals surface area contributed by atoms with Crippen molar-refractivity contribution in [2.45, 2.75) is 113 Å². The van der Waals surface area contributed by atoms with Crippen LogP contribution in [-0.4, -0.2) is 129 Å². The Bertz CT molecular complexity index is 1720. The van der Waals surface area contributed by atoms with Crippen LogP contribution in [0.3, 0.4) is 0 Å². The van der Waals surface area contributed by atoms with Crippen molar-refractivity contribution in [3.8, 4) is 17.2 Å². The van der Waals surface area contributed by atoms with Crippen molar-refractivity contribution in [1.82, 2.24) is 4.90 Å². The quantitative estimate of drug-likeness (QED) is 0.152. The van der Waals surface area contributed by atoms with Gasteiger partial charge in [-0.25, -0.2) is 0 Å². The van der Waals surface area contributed by atoms with Gasteiger partial charge in [0.05, 0.1) is 53.8 Å². The van der Waals surface area contributed by atoms with Crippen molar-refractivity contribution in [2.75, 3.05) is 21.2 Å². The molecule has 4 aliphatic rings. The van der Waals surface area contributed by atoms with Gasteiger partial charge >= 0.3 is 5.97 Å². The lowest BCUT2D eigenvalue weighted by Gasteiger charge is -2.48. The van der Waals surface area contributed by atoms with E-state index in [0.717, 1.165) is 19.2 Å². The van der Waals surface area contributed by atoms with Crippen LogP contribution in [-0.2, 0) is 28.5 Å². The summed E-state index contributed by atoms with van der Waals surface area (Å²) in [7, 11) is 4.83. The molecule has 2 aliphatic heterocycles. The molecule has 0 spiro atoms. The predicted octanol–water partition coefficient (Wildman–Crippen LogP) is 1.74. The fourth-order valence-electron chi connectivity index (χ4n) is 8.03. The lowest BCUT2D eigenvalue weighted by atomic mass is 9.67. The van der Waals surface area contributed by atoms with Crippen LogP contribution < -0.4 is 0 Å². The van der Waals surface area contributed by atoms with Crippen molar-refractivity contribution in [1.29, 1.82) is 0 Å². The normalized spacial score (nSPS) is 34.9. The number of carbonyl (C=O) groups is 3. The first-order valence-corrected chi connectivity index (χ1v) is 17.0. The first-order valence-electron chi connectivity index (χ1n) is 17.0. The van der Waals surface area contributed by atoms with Crippen LogP contribution in [0.4, 0.5) is 0 Å². The molecule has 2 saturated heterocycles. The van der Waals surface area contributed by atoms with Crippen molar-refractivity contribution in [3.63, 3.8) is 0 Å². The van der Waals surface area contributed by atoms with E-state index in [9.17, 15) is 45.0 Å². The average molecular weight is 716 g/mol. The Morgan fingerprint density at radius 2 is 1.55 bits per heavy atom. The number of carbonyl (C=O) groups excluding carboxylic acids is 3. The molecule has 15 nitrogen and oxygen atoms in total. The van der Waals surface area contributed by atoms with E-state index in [1.165, 1.54) is 6.07 Å². The number of hydrogen-bond acceptors (Lipinski definition) is 15. The number of aliphatic hydroxyl groups is 3. The number of esters is 1. The zero-order valence-corrected chi connectivity index (χ0v) is 29.2. The highest BCUT2D eigenvalue weighted by molar-refractivity contribution is 6.31. The van der Waals surface area contributed by atoms with Crippen LogP contribution in [0.15, 0.2) is 18.2 Å². The van der Waals surface area contributed by atoms with E-state index in [0.29, 0.717) is 0 Å². The molecule has 11 atom stereocenters. The van der Waals surface area contributed by atoms with Crippen molar-refractivity contribution in [2.24, 2.45) is 0 Å². The predicted molar refractivity (Wildman–Crippen MR) is 175 cm³/mol. The van der Waals surface area contributed by atoms with E-state index in [1.807, 2.05) is 19.0 Å². The largest absolute Gasteiger partial charge is 0.507 e. The molecular weight excluding hydrogens is 670 g/mol. The van der Waals surface area contributed by atoms with Crippen LogP contribution >= 0.6 is 0 Å². The van der Waals surface area contributed by atoms with Crippen molar-refractivity contribution < 1.29 is 68.7 Å². The van der Waals surface area contributed by atoms with Gasteiger partial charge in [-0.15, -0.1) is 0 Å². The molecule has 0 amide bonds. The number of hydrogen-bond donors (Lipinski definition) is 6. The molecule has 0 aromatic heterocycles. The van der Waals surface area contributed by atoms with E-state index in [2.05, 4.69) is 0 Å². The highest BCUT2D eigenvalue weighted by atomic mass is 16.7. The minimum atomic E-state index is -1.79. The smallest absolute Gasteiger partial charge is 0.316 e. The summed E-state index contributed by atoms with van der Waals surface area (Å²) in [4.78, 5) is 42.9. The summed E-state index contributed by atoms with van der Waals surface area (Å²) < 4.78 is 30.0. The van der Waals surface area contributed by atoms with E-state index >= 15 is 0 Å². The Hall–Kier alpha value is -3.67. The first-order chi connectivity index (χ1) is 24.0. The summed E-state index contributed by atoms with van der Waals surface area (Å²) in [5.74, 6) is -5.85. The van der Waals surface area contributed by atoms with Crippen LogP contribution in [0.5, 0.6) is 17.2 Å². The molecule has 278 valence electrons. The Labute approximate surface area is 294 Å². The van der Waals surface area contributed by atoms with E-state index in [-0.39, 0.29) is 48.4 Å². The minimum absolute atomic E-state index is 0.00137. The third-order valence-electron chi connectivity index (χ3n) is 10.8. The van der Waals surface area contributed by atoms with Gasteiger partial charge in [-0.2, -0.15) is 0 Å². The summed E-state index contributed by atoms with van der Waals surface area (Å²) >= 11 is 0. The number of phenolic OH excluding ortho intramolecular Hbond substituents is 3. The number of benzene rings is 2. The Kier molecular flexibility index (Phi) is 9.97. The van der Waals surface area contributed by atoms with Gasteiger partial charge in [0.25, 0.3) is 0 Å². The van der Waals surface area contributed by atoms with Crippen LogP contribution in [0.1, 0.15) is 101 Å². The molecule has 2 aromatic rings. The monoisotopic (exact) mass is 715 g/mol. The number of ether oxygens (including phenoxy) is 5. The van der Waals surface area contributed by atoms with E-state index in [1.54, 1.807) is 20.8 Å². The highest BCUT2D eigenvalue weighted by Gasteiger charge is 2.53. The second-order valence-corrected chi connectivity index (χ2v) is 14.1. The maximum atomic E-state index is 13.9. The zero-order valence-electron chi connectivity index (χ0n) is 29.2. The second-order valence-electron chi connectivity index (χ2n) is 14.1. The molecule has 51 heavy (non-hydrogen) atoms. The summed E-state index contributed by atoms with van der Waals surface area (Å²) in [6.07, 6.45) is -6.80. The maximum Gasteiger partial charge on any atom is 0.316 e. The molecule has 0 radical (unpaired) electrons. The highest BCUT2D eigenvalue weighted by Crippen LogP contribution is 2.54. The Morgan fingerprint density at radius 1 is 0.941 bits per heavy atom. The van der Waals surface area contributed by atoms with Gasteiger partial charge in [-0.05, 0) is 58.1 Å². The van der Waals surface area contributed by atoms with E-state index in [4.69, 9.17) is 23.7 Å². The number of ketones is 2. The molecule has 6 rings (SSSR count). The number of methoxy groups -OCH3 is 1. The van der Waals surface area contributed by atoms with Gasteiger partial charge in [0.2, 0.25) is 5.78 Å². The van der Waals surface area contributed by atoms with Gasteiger partial charge in [-0.1, -0.05) is 6.92 Å². The number of rotatable bonds is 7. The molecule has 0 bridgehead atoms. The molecule has 6 N–H and O–H groups in total. The van der Waals surface area contributed by atoms with Gasteiger partial charge in [0.1, 0.15) is 35.4 Å². The van der Waals surface area contributed by atoms with Crippen LogP contribution in [0.25, 0.3) is 0 Å². The fourth-order valence-corrected chi connectivity index (χ4v) is 8.03. The number of aromatic hydroxyl groups is 3. The number of phenols is 3. The molecule has 2 aliphatic carbocycles. The maximum absolute atomic E-state index is 13.9. The van der Waals surface area contributed by atoms with Gasteiger partial charge in [-0.3, -0.25) is 14.4 Å². The molecule has 0 unspecified atom stereocenters. The summed E-state index contributed by atoms with van der Waals surface area (Å²) in [5.41, 5.74) is -3.53. The summed E-state index contributed by atoms with van der Waals surface area (Å²) in [5, 5.41) is 65.4. The lowest BCUT2D eigenvalue weighted by Crippen LogP contribution is -2.57. The van der Waals surface area contributed by atoms with Crippen LogP contribution in [0, 0.1) is 0 Å². The lowest BCUT2D eigenvalue weighted by molar-refractivity contribution is -0.310. The SMILES string of the molecule is CC[C@@]1(O)C[C@H](O[C@H]2C[C@H](N(C)C)[C@@H](O[C@H]3C[C@H](O)[C@@H](O)[C@H](C)O3)[C@H](C)O2)c2c(cc3c(c2O)C(=O)c2c(O)ccc(O)c2C3=O)[C@H]1C(=O)OC. The standard InChI is InChI=1S/C36H45NO14/c1-7-36(46)13-22(50-23-11-18(37(4)5)34(15(3)49-23)51-24-12-21(40)30(41)14(2)48-24)25-16(29(36)35(45)47-6)10-17-26(32(25)43)33(44)28-20(39)9-8-19(38)27(28)31(17)42/h8-10,14-15,18,21-24,29-30,34,38-41,43,46H,7,11-13H2,1-6H3/t14-,15-,18-,21-,22-,23-,24-,29-,30-,34-,36+/m0/s1. The van der Waals surface area contributed by atoms with Crippen LogP contribution in [0.2, 0.25) is 0 Å². The third kappa shape index (κ3) is 6.18. The van der Waals surface area contributed by atoms with Gasteiger partial charge < -0.3 is 59.2 Å².